The largest absolute Gasteiger partial charge is 0.481 e. The number of nitrogens with one attached hydrogen (secondary N) is 1. The van der Waals surface area contributed by atoms with Crippen LogP contribution in [0.25, 0.3) is 0 Å². The zero-order valence-corrected chi connectivity index (χ0v) is 8.96. The summed E-state index contributed by atoms with van der Waals surface area (Å²) in [5.41, 5.74) is 2.99. The Balaban J connectivity index is 2.64. The molecule has 90 valence electrons. The number of benzene rings is 1. The van der Waals surface area contributed by atoms with Crippen molar-refractivity contribution in [2.75, 3.05) is 5.43 Å². The average Bonchev–Trinajstić information content (AvgIpc) is 2.29. The second-order valence-electron chi connectivity index (χ2n) is 3.24. The van der Waals surface area contributed by atoms with Gasteiger partial charge in [-0.2, -0.15) is 5.10 Å². The first-order valence-electron chi connectivity index (χ1n) is 4.92. The molecule has 0 unspecified atom stereocenters. The number of hydrogen-bond donors (Lipinski definition) is 3. The lowest BCUT2D eigenvalue weighted by molar-refractivity contribution is -0.136. The van der Waals surface area contributed by atoms with E-state index in [2.05, 4.69) is 10.5 Å². The van der Waals surface area contributed by atoms with E-state index < -0.39 is 11.9 Å². The van der Waals surface area contributed by atoms with Gasteiger partial charge in [0.05, 0.1) is 12.1 Å². The van der Waals surface area contributed by atoms with Gasteiger partial charge in [-0.05, 0) is 12.1 Å². The lowest BCUT2D eigenvalue weighted by atomic mass is 10.2. The first kappa shape index (κ1) is 12.7. The maximum absolute atomic E-state index is 10.8. The van der Waals surface area contributed by atoms with Gasteiger partial charge in [-0.25, -0.2) is 4.79 Å². The number of carboxylic acids is 2. The smallest absolute Gasteiger partial charge is 0.352 e. The molecule has 0 aliphatic heterocycles. The van der Waals surface area contributed by atoms with Crippen LogP contribution in [0, 0.1) is 0 Å². The quantitative estimate of drug-likeness (QED) is 0.512. The topological polar surface area (TPSA) is 99.0 Å². The number of hydrogen-bond acceptors (Lipinski definition) is 4. The van der Waals surface area contributed by atoms with Crippen molar-refractivity contribution in [1.82, 2.24) is 0 Å². The Morgan fingerprint density at radius 3 is 2.29 bits per heavy atom. The number of anilines is 1. The first-order chi connectivity index (χ1) is 8.09. The SMILES string of the molecule is O=C(O)CC/C(=N\Nc1ccccc1)C(=O)O. The summed E-state index contributed by atoms with van der Waals surface area (Å²) < 4.78 is 0. The molecule has 3 N–H and O–H groups in total. The van der Waals surface area contributed by atoms with E-state index in [9.17, 15) is 9.59 Å². The molecular weight excluding hydrogens is 224 g/mol. The van der Waals surface area contributed by atoms with E-state index in [1.165, 1.54) is 0 Å². The number of aliphatic carboxylic acids is 2. The molecule has 0 aliphatic carbocycles. The summed E-state index contributed by atoms with van der Waals surface area (Å²) >= 11 is 0. The van der Waals surface area contributed by atoms with Crippen molar-refractivity contribution in [3.05, 3.63) is 30.3 Å². The zero-order valence-electron chi connectivity index (χ0n) is 8.96. The highest BCUT2D eigenvalue weighted by molar-refractivity contribution is 6.35. The number of rotatable bonds is 6. The van der Waals surface area contributed by atoms with Gasteiger partial charge >= 0.3 is 11.9 Å². The van der Waals surface area contributed by atoms with E-state index >= 15 is 0 Å². The monoisotopic (exact) mass is 236 g/mol. The van der Waals surface area contributed by atoms with Crippen LogP contribution in [0.15, 0.2) is 35.4 Å². The average molecular weight is 236 g/mol. The van der Waals surface area contributed by atoms with Crippen molar-refractivity contribution < 1.29 is 19.8 Å². The van der Waals surface area contributed by atoms with Gasteiger partial charge in [0.2, 0.25) is 0 Å². The molecule has 1 aromatic rings. The molecule has 0 saturated heterocycles. The van der Waals surface area contributed by atoms with Crippen molar-refractivity contribution in [1.29, 1.82) is 0 Å². The third-order valence-corrected chi connectivity index (χ3v) is 1.92. The highest BCUT2D eigenvalue weighted by Gasteiger charge is 2.11. The van der Waals surface area contributed by atoms with E-state index in [-0.39, 0.29) is 18.6 Å². The molecular formula is C11H12N2O4. The Bertz CT molecular complexity index is 428. The van der Waals surface area contributed by atoms with Crippen molar-refractivity contribution in [2.24, 2.45) is 5.10 Å². The molecule has 0 spiro atoms. The minimum atomic E-state index is -1.23. The maximum atomic E-state index is 10.8. The van der Waals surface area contributed by atoms with Crippen LogP contribution in [0.5, 0.6) is 0 Å². The third kappa shape index (κ3) is 4.78. The van der Waals surface area contributed by atoms with Crippen LogP contribution in [0.3, 0.4) is 0 Å². The van der Waals surface area contributed by atoms with Crippen molar-refractivity contribution >= 4 is 23.3 Å². The molecule has 0 bridgehead atoms. The van der Waals surface area contributed by atoms with Gasteiger partial charge in [0.1, 0.15) is 5.71 Å². The Hall–Kier alpha value is -2.37. The third-order valence-electron chi connectivity index (χ3n) is 1.92. The fourth-order valence-electron chi connectivity index (χ4n) is 1.08. The molecule has 0 radical (unpaired) electrons. The molecule has 0 fully saturated rings. The molecule has 17 heavy (non-hydrogen) atoms. The maximum Gasteiger partial charge on any atom is 0.352 e. The van der Waals surface area contributed by atoms with Gasteiger partial charge in [0.15, 0.2) is 0 Å². The van der Waals surface area contributed by atoms with Crippen LogP contribution >= 0.6 is 0 Å². The standard InChI is InChI=1S/C11H12N2O4/c14-10(15)7-6-9(11(16)17)13-12-8-4-2-1-3-5-8/h1-5,12H,6-7H2,(H,14,15)(H,16,17)/b13-9+. The molecule has 0 atom stereocenters. The summed E-state index contributed by atoms with van der Waals surface area (Å²) in [5, 5.41) is 20.9. The van der Waals surface area contributed by atoms with Gasteiger partial charge in [-0.15, -0.1) is 0 Å². The second-order valence-corrected chi connectivity index (χ2v) is 3.24. The fraction of sp³-hybridized carbons (Fsp3) is 0.182. The Morgan fingerprint density at radius 1 is 1.12 bits per heavy atom. The number of nitrogens with zero attached hydrogens (tertiary/aromatic N) is 1. The summed E-state index contributed by atoms with van der Waals surface area (Å²) in [6, 6.07) is 8.81. The normalized spacial score (nSPS) is 10.9. The van der Waals surface area contributed by atoms with Crippen LogP contribution < -0.4 is 5.43 Å². The lowest BCUT2D eigenvalue weighted by Crippen LogP contribution is -2.16. The Kier molecular flexibility index (Phi) is 4.68. The summed E-state index contributed by atoms with van der Waals surface area (Å²) in [4.78, 5) is 21.1. The van der Waals surface area contributed by atoms with Crippen LogP contribution in [-0.2, 0) is 9.59 Å². The van der Waals surface area contributed by atoms with Crippen LogP contribution in [0.2, 0.25) is 0 Å². The zero-order chi connectivity index (χ0) is 12.7. The van der Waals surface area contributed by atoms with Crippen LogP contribution in [-0.4, -0.2) is 27.9 Å². The van der Waals surface area contributed by atoms with Crippen LogP contribution in [0.4, 0.5) is 5.69 Å². The summed E-state index contributed by atoms with van der Waals surface area (Å²) in [6.07, 6.45) is -0.383. The summed E-state index contributed by atoms with van der Waals surface area (Å²) in [7, 11) is 0. The van der Waals surface area contributed by atoms with E-state index in [4.69, 9.17) is 10.2 Å². The van der Waals surface area contributed by atoms with Crippen molar-refractivity contribution in [3.63, 3.8) is 0 Å². The highest BCUT2D eigenvalue weighted by Crippen LogP contribution is 2.05. The summed E-state index contributed by atoms with van der Waals surface area (Å²) in [6.45, 7) is 0. The predicted octanol–water partition coefficient (Wildman–Crippen LogP) is 1.40. The van der Waals surface area contributed by atoms with Crippen molar-refractivity contribution in [3.8, 4) is 0 Å². The second kappa shape index (κ2) is 6.26. The minimum Gasteiger partial charge on any atom is -0.481 e. The highest BCUT2D eigenvalue weighted by atomic mass is 16.4. The van der Waals surface area contributed by atoms with E-state index in [0.717, 1.165) is 0 Å². The van der Waals surface area contributed by atoms with Crippen LogP contribution in [0.1, 0.15) is 12.8 Å². The lowest BCUT2D eigenvalue weighted by Gasteiger charge is -2.02. The Labute approximate surface area is 97.6 Å². The molecule has 6 heteroatoms. The van der Waals surface area contributed by atoms with E-state index in [0.29, 0.717) is 5.69 Å². The van der Waals surface area contributed by atoms with E-state index in [1.54, 1.807) is 24.3 Å². The van der Waals surface area contributed by atoms with Gasteiger partial charge in [-0.3, -0.25) is 10.2 Å². The Morgan fingerprint density at radius 2 is 1.76 bits per heavy atom. The summed E-state index contributed by atoms with van der Waals surface area (Å²) in [5.74, 6) is -2.28. The van der Waals surface area contributed by atoms with Gasteiger partial charge in [-0.1, -0.05) is 18.2 Å². The molecule has 0 aliphatic rings. The number of para-hydroxylation sites is 1. The first-order valence-corrected chi connectivity index (χ1v) is 4.92. The molecule has 1 rings (SSSR count). The van der Waals surface area contributed by atoms with Gasteiger partial charge < -0.3 is 10.2 Å². The number of hydrazone groups is 1. The molecule has 1 aromatic carbocycles. The van der Waals surface area contributed by atoms with Gasteiger partial charge in [0.25, 0.3) is 0 Å². The van der Waals surface area contributed by atoms with Gasteiger partial charge in [0, 0.05) is 6.42 Å². The molecule has 0 amide bonds. The molecule has 0 saturated carbocycles. The molecule has 0 heterocycles. The number of carbonyl (C=O) groups is 2. The van der Waals surface area contributed by atoms with Crippen molar-refractivity contribution in [2.45, 2.75) is 12.8 Å². The fourth-order valence-corrected chi connectivity index (χ4v) is 1.08. The molecule has 0 aromatic heterocycles. The number of carboxylic acid groups (broad SMARTS) is 2. The van der Waals surface area contributed by atoms with E-state index in [1.807, 2.05) is 6.07 Å². The molecule has 6 nitrogen and oxygen atoms in total. The predicted molar refractivity (Wildman–Crippen MR) is 62.0 cm³/mol. The minimum absolute atomic E-state index is 0.121.